The molecule has 0 amide bonds. The van der Waals surface area contributed by atoms with Crippen LogP contribution in [0.15, 0.2) is 42.5 Å². The predicted octanol–water partition coefficient (Wildman–Crippen LogP) is 3.42. The molecule has 0 spiro atoms. The molecule has 0 saturated heterocycles. The Hall–Kier alpha value is -2.56. The summed E-state index contributed by atoms with van der Waals surface area (Å²) in [4.78, 5) is 10.8. The van der Waals surface area contributed by atoms with E-state index >= 15 is 0 Å². The number of aryl methyl sites for hydroxylation is 1. The van der Waals surface area contributed by atoms with Crippen molar-refractivity contribution in [3.63, 3.8) is 0 Å². The van der Waals surface area contributed by atoms with Gasteiger partial charge >= 0.3 is 0 Å². The fourth-order valence-corrected chi connectivity index (χ4v) is 2.54. The van der Waals surface area contributed by atoms with Gasteiger partial charge in [-0.15, -0.1) is 0 Å². The normalized spacial score (nSPS) is 11.8. The van der Waals surface area contributed by atoms with E-state index in [0.29, 0.717) is 11.5 Å². The summed E-state index contributed by atoms with van der Waals surface area (Å²) < 4.78 is 10.5. The van der Waals surface area contributed by atoms with Crippen molar-refractivity contribution in [1.29, 1.82) is 0 Å². The van der Waals surface area contributed by atoms with E-state index < -0.39 is 0 Å². The zero-order valence-electron chi connectivity index (χ0n) is 12.9. The van der Waals surface area contributed by atoms with Gasteiger partial charge in [0.1, 0.15) is 11.5 Å². The van der Waals surface area contributed by atoms with E-state index in [0.717, 1.165) is 16.7 Å². The molecule has 0 bridgehead atoms. The number of hydrogen-bond acceptors (Lipinski definition) is 4. The second kappa shape index (κ2) is 6.93. The molecule has 0 heterocycles. The molecule has 0 aliphatic rings. The maximum absolute atomic E-state index is 11.1. The van der Waals surface area contributed by atoms with Crippen LogP contribution in [0, 0.1) is 17.0 Å². The third-order valence-electron chi connectivity index (χ3n) is 3.67. The number of hydrogen-bond donors (Lipinski definition) is 0. The summed E-state index contributed by atoms with van der Waals surface area (Å²) in [6.07, 6.45) is 0. The molecule has 0 unspecified atom stereocenters. The predicted molar refractivity (Wildman–Crippen MR) is 84.4 cm³/mol. The third kappa shape index (κ3) is 3.55. The highest BCUT2D eigenvalue weighted by Gasteiger charge is 2.23. The van der Waals surface area contributed by atoms with Crippen LogP contribution in [0.4, 0.5) is 0 Å². The molecule has 116 valence electrons. The first-order valence-corrected chi connectivity index (χ1v) is 6.95. The number of benzene rings is 2. The summed E-state index contributed by atoms with van der Waals surface area (Å²) in [5, 5.41) is 11.1. The highest BCUT2D eigenvalue weighted by atomic mass is 16.6. The van der Waals surface area contributed by atoms with Gasteiger partial charge in [0.15, 0.2) is 0 Å². The number of nitrogens with zero attached hydrogens (tertiary/aromatic N) is 1. The van der Waals surface area contributed by atoms with Gasteiger partial charge in [-0.25, -0.2) is 0 Å². The molecule has 22 heavy (non-hydrogen) atoms. The summed E-state index contributed by atoms with van der Waals surface area (Å²) in [5.74, 6) is 0.896. The van der Waals surface area contributed by atoms with E-state index in [1.165, 1.54) is 0 Å². The van der Waals surface area contributed by atoms with Crippen LogP contribution in [0.5, 0.6) is 11.5 Å². The summed E-state index contributed by atoms with van der Waals surface area (Å²) in [5.41, 5.74) is 2.77. The third-order valence-corrected chi connectivity index (χ3v) is 3.67. The highest BCUT2D eigenvalue weighted by molar-refractivity contribution is 5.45. The van der Waals surface area contributed by atoms with Gasteiger partial charge in [-0.05, 0) is 35.7 Å². The highest BCUT2D eigenvalue weighted by Crippen LogP contribution is 2.33. The van der Waals surface area contributed by atoms with Crippen LogP contribution in [0.3, 0.4) is 0 Å². The average molecular weight is 301 g/mol. The van der Waals surface area contributed by atoms with Crippen molar-refractivity contribution in [3.05, 3.63) is 69.3 Å². The molecular weight excluding hydrogens is 282 g/mol. The van der Waals surface area contributed by atoms with E-state index in [9.17, 15) is 10.1 Å². The van der Waals surface area contributed by atoms with Gasteiger partial charge in [0.25, 0.3) is 0 Å². The van der Waals surface area contributed by atoms with Crippen molar-refractivity contribution in [2.24, 2.45) is 0 Å². The second-order valence-electron chi connectivity index (χ2n) is 5.07. The minimum atomic E-state index is -0.347. The topological polar surface area (TPSA) is 61.6 Å². The van der Waals surface area contributed by atoms with Gasteiger partial charge in [0, 0.05) is 11.0 Å². The summed E-state index contributed by atoms with van der Waals surface area (Å²) in [6.45, 7) is 1.78. The Morgan fingerprint density at radius 1 is 1.09 bits per heavy atom. The summed E-state index contributed by atoms with van der Waals surface area (Å²) in [6, 6.07) is 13.1. The zero-order chi connectivity index (χ0) is 16.1. The molecule has 5 nitrogen and oxygen atoms in total. The minimum Gasteiger partial charge on any atom is -0.497 e. The first-order chi connectivity index (χ1) is 10.5. The molecule has 0 aliphatic carbocycles. The first-order valence-electron chi connectivity index (χ1n) is 6.95. The molecule has 0 radical (unpaired) electrons. The maximum Gasteiger partial charge on any atom is 0.214 e. The van der Waals surface area contributed by atoms with E-state index in [2.05, 4.69) is 0 Å². The Morgan fingerprint density at radius 2 is 1.68 bits per heavy atom. The van der Waals surface area contributed by atoms with Crippen molar-refractivity contribution in [3.8, 4) is 11.5 Å². The summed E-state index contributed by atoms with van der Waals surface area (Å²) >= 11 is 0. The zero-order valence-corrected chi connectivity index (χ0v) is 12.9. The van der Waals surface area contributed by atoms with Gasteiger partial charge in [-0.2, -0.15) is 0 Å². The van der Waals surface area contributed by atoms with Gasteiger partial charge in [0.05, 0.1) is 20.1 Å². The Balaban J connectivity index is 2.54. The van der Waals surface area contributed by atoms with Crippen molar-refractivity contribution in [2.75, 3.05) is 20.8 Å². The molecule has 0 aromatic heterocycles. The quantitative estimate of drug-likeness (QED) is 0.606. The Bertz CT molecular complexity index is 647. The largest absolute Gasteiger partial charge is 0.497 e. The molecular formula is C17H19NO4. The molecule has 0 saturated carbocycles. The number of methoxy groups -OCH3 is 2. The fourth-order valence-electron chi connectivity index (χ4n) is 2.54. The van der Waals surface area contributed by atoms with Gasteiger partial charge in [0.2, 0.25) is 6.54 Å². The van der Waals surface area contributed by atoms with Crippen LogP contribution in [0.1, 0.15) is 22.6 Å². The van der Waals surface area contributed by atoms with E-state index in [1.54, 1.807) is 20.3 Å². The molecule has 0 N–H and O–H groups in total. The minimum absolute atomic E-state index is 0.179. The van der Waals surface area contributed by atoms with Crippen molar-refractivity contribution in [2.45, 2.75) is 12.8 Å². The molecule has 1 atom stereocenters. The van der Waals surface area contributed by atoms with Crippen LogP contribution in [-0.4, -0.2) is 25.7 Å². The number of ether oxygens (including phenoxy) is 2. The van der Waals surface area contributed by atoms with Crippen LogP contribution in [0.2, 0.25) is 0 Å². The van der Waals surface area contributed by atoms with Crippen molar-refractivity contribution < 1.29 is 14.4 Å². The lowest BCUT2D eigenvalue weighted by atomic mass is 9.88. The second-order valence-corrected chi connectivity index (χ2v) is 5.07. The lowest BCUT2D eigenvalue weighted by Crippen LogP contribution is -2.15. The molecule has 0 fully saturated rings. The Labute approximate surface area is 129 Å². The van der Waals surface area contributed by atoms with E-state index in [1.807, 2.05) is 43.3 Å². The lowest BCUT2D eigenvalue weighted by molar-refractivity contribution is -0.481. The van der Waals surface area contributed by atoms with Crippen LogP contribution >= 0.6 is 0 Å². The molecule has 5 heteroatoms. The lowest BCUT2D eigenvalue weighted by Gasteiger charge is -2.18. The standard InChI is InChI=1S/C17H19NO4/c1-12-6-4-5-7-16(12)17(11-18(19)20)13-8-14(21-2)10-15(9-13)22-3/h4-10,17H,11H2,1-3H3/t17-/m1/s1. The Morgan fingerprint density at radius 3 is 2.18 bits per heavy atom. The molecule has 2 rings (SSSR count). The van der Waals surface area contributed by atoms with Gasteiger partial charge in [-0.1, -0.05) is 24.3 Å². The SMILES string of the molecule is COc1cc(OC)cc([C@@H](C[N+](=O)[O-])c2ccccc2C)c1. The van der Waals surface area contributed by atoms with Crippen molar-refractivity contribution in [1.82, 2.24) is 0 Å². The number of rotatable bonds is 6. The van der Waals surface area contributed by atoms with Gasteiger partial charge < -0.3 is 9.47 Å². The fraction of sp³-hybridized carbons (Fsp3) is 0.294. The molecule has 2 aromatic carbocycles. The molecule has 0 aliphatic heterocycles. The van der Waals surface area contributed by atoms with Crippen LogP contribution in [0.25, 0.3) is 0 Å². The van der Waals surface area contributed by atoms with Crippen LogP contribution in [-0.2, 0) is 0 Å². The van der Waals surface area contributed by atoms with E-state index in [4.69, 9.17) is 9.47 Å². The van der Waals surface area contributed by atoms with Crippen molar-refractivity contribution >= 4 is 0 Å². The monoisotopic (exact) mass is 301 g/mol. The first kappa shape index (κ1) is 15.8. The number of nitro groups is 1. The maximum atomic E-state index is 11.1. The Kier molecular flexibility index (Phi) is 4.99. The molecule has 2 aromatic rings. The van der Waals surface area contributed by atoms with E-state index in [-0.39, 0.29) is 17.4 Å². The van der Waals surface area contributed by atoms with Crippen LogP contribution < -0.4 is 9.47 Å². The van der Waals surface area contributed by atoms with Gasteiger partial charge in [-0.3, -0.25) is 10.1 Å². The summed E-state index contributed by atoms with van der Waals surface area (Å²) in [7, 11) is 3.13. The smallest absolute Gasteiger partial charge is 0.214 e. The average Bonchev–Trinajstić information content (AvgIpc) is 2.52.